The Hall–Kier alpha value is -0.530. The minimum atomic E-state index is 0.130. The number of rotatable bonds is 4. The lowest BCUT2D eigenvalue weighted by molar-refractivity contribution is 0.227. The lowest BCUT2D eigenvalue weighted by Crippen LogP contribution is -2.34. The molecule has 0 aliphatic carbocycles. The Morgan fingerprint density at radius 1 is 1.33 bits per heavy atom. The molecular weight excluding hydrogens is 206 g/mol. The van der Waals surface area contributed by atoms with E-state index >= 15 is 0 Å². The number of nitrogens with two attached hydrogens (primary N) is 1. The standard InChI is InChI=1S/C13H20ClN/c1-10(2)13(3,9-15)8-11-6-4-5-7-12(11)14/h4-7,10H,8-9,15H2,1-3H3. The molecule has 0 saturated heterocycles. The first-order valence-electron chi connectivity index (χ1n) is 5.43. The Kier molecular flexibility index (Phi) is 4.18. The van der Waals surface area contributed by atoms with Crippen molar-refractivity contribution in [1.29, 1.82) is 0 Å². The maximum Gasteiger partial charge on any atom is 0.0438 e. The van der Waals surface area contributed by atoms with Crippen molar-refractivity contribution in [2.45, 2.75) is 27.2 Å². The van der Waals surface area contributed by atoms with Gasteiger partial charge in [0.2, 0.25) is 0 Å². The highest BCUT2D eigenvalue weighted by Gasteiger charge is 2.27. The molecule has 0 amide bonds. The molecule has 0 aliphatic heterocycles. The van der Waals surface area contributed by atoms with Crippen molar-refractivity contribution in [3.63, 3.8) is 0 Å². The molecular formula is C13H20ClN. The normalized spacial score (nSPS) is 15.3. The van der Waals surface area contributed by atoms with Crippen LogP contribution >= 0.6 is 11.6 Å². The third-order valence-corrected chi connectivity index (χ3v) is 3.78. The summed E-state index contributed by atoms with van der Waals surface area (Å²) in [7, 11) is 0. The van der Waals surface area contributed by atoms with E-state index in [1.54, 1.807) is 0 Å². The lowest BCUT2D eigenvalue weighted by Gasteiger charge is -2.32. The highest BCUT2D eigenvalue weighted by atomic mass is 35.5. The molecule has 0 aromatic heterocycles. The maximum atomic E-state index is 6.15. The number of hydrogen-bond acceptors (Lipinski definition) is 1. The fraction of sp³-hybridized carbons (Fsp3) is 0.538. The predicted molar refractivity (Wildman–Crippen MR) is 67.2 cm³/mol. The third-order valence-electron chi connectivity index (χ3n) is 3.41. The molecule has 1 atom stereocenters. The first-order valence-corrected chi connectivity index (χ1v) is 5.81. The molecule has 0 bridgehead atoms. The van der Waals surface area contributed by atoms with Crippen molar-refractivity contribution in [2.24, 2.45) is 17.1 Å². The van der Waals surface area contributed by atoms with Gasteiger partial charge in [-0.1, -0.05) is 50.6 Å². The van der Waals surface area contributed by atoms with Gasteiger partial charge in [0, 0.05) is 5.02 Å². The summed E-state index contributed by atoms with van der Waals surface area (Å²) < 4.78 is 0. The zero-order valence-electron chi connectivity index (χ0n) is 9.76. The Morgan fingerprint density at radius 3 is 2.40 bits per heavy atom. The molecule has 0 heterocycles. The van der Waals surface area contributed by atoms with Gasteiger partial charge in [0.05, 0.1) is 0 Å². The van der Waals surface area contributed by atoms with Gasteiger partial charge < -0.3 is 5.73 Å². The quantitative estimate of drug-likeness (QED) is 0.834. The molecule has 0 saturated carbocycles. The van der Waals surface area contributed by atoms with E-state index < -0.39 is 0 Å². The molecule has 1 rings (SSSR count). The Bertz CT molecular complexity index is 322. The van der Waals surface area contributed by atoms with Gasteiger partial charge in [-0.05, 0) is 35.9 Å². The summed E-state index contributed by atoms with van der Waals surface area (Å²) >= 11 is 6.15. The summed E-state index contributed by atoms with van der Waals surface area (Å²) in [5.74, 6) is 0.554. The molecule has 2 N–H and O–H groups in total. The number of benzene rings is 1. The van der Waals surface area contributed by atoms with E-state index in [0.717, 1.165) is 11.4 Å². The minimum Gasteiger partial charge on any atom is -0.330 e. The molecule has 0 radical (unpaired) electrons. The van der Waals surface area contributed by atoms with E-state index in [1.165, 1.54) is 5.56 Å². The van der Waals surface area contributed by atoms with E-state index in [2.05, 4.69) is 26.8 Å². The Labute approximate surface area is 97.6 Å². The molecule has 0 fully saturated rings. The summed E-state index contributed by atoms with van der Waals surface area (Å²) in [4.78, 5) is 0. The van der Waals surface area contributed by atoms with Crippen molar-refractivity contribution in [3.8, 4) is 0 Å². The molecule has 1 aromatic carbocycles. The van der Waals surface area contributed by atoms with Crippen LogP contribution in [0.25, 0.3) is 0 Å². The zero-order valence-corrected chi connectivity index (χ0v) is 10.5. The van der Waals surface area contributed by atoms with Crippen LogP contribution in [0.4, 0.5) is 0 Å². The highest BCUT2D eigenvalue weighted by molar-refractivity contribution is 6.31. The third kappa shape index (κ3) is 2.96. The van der Waals surface area contributed by atoms with Crippen molar-refractivity contribution in [2.75, 3.05) is 6.54 Å². The fourth-order valence-corrected chi connectivity index (χ4v) is 1.79. The molecule has 2 heteroatoms. The van der Waals surface area contributed by atoms with Gasteiger partial charge in [-0.3, -0.25) is 0 Å². The van der Waals surface area contributed by atoms with E-state index in [4.69, 9.17) is 17.3 Å². The lowest BCUT2D eigenvalue weighted by atomic mass is 9.74. The van der Waals surface area contributed by atoms with Gasteiger partial charge >= 0.3 is 0 Å². The predicted octanol–water partition coefficient (Wildman–Crippen LogP) is 3.50. The Morgan fingerprint density at radius 2 is 1.93 bits per heavy atom. The molecule has 84 valence electrons. The number of halogens is 1. The highest BCUT2D eigenvalue weighted by Crippen LogP contribution is 2.32. The van der Waals surface area contributed by atoms with Crippen molar-refractivity contribution in [1.82, 2.24) is 0 Å². The SMILES string of the molecule is CC(C)C(C)(CN)Cc1ccccc1Cl. The van der Waals surface area contributed by atoms with Gasteiger partial charge in [0.1, 0.15) is 0 Å². The van der Waals surface area contributed by atoms with Crippen LogP contribution in [0.15, 0.2) is 24.3 Å². The van der Waals surface area contributed by atoms with Gasteiger partial charge in [0.15, 0.2) is 0 Å². The molecule has 0 aliphatic rings. The molecule has 0 spiro atoms. The van der Waals surface area contributed by atoms with Crippen LogP contribution in [0.3, 0.4) is 0 Å². The first-order chi connectivity index (χ1) is 6.99. The van der Waals surface area contributed by atoms with Gasteiger partial charge in [-0.25, -0.2) is 0 Å². The minimum absolute atomic E-state index is 0.130. The smallest absolute Gasteiger partial charge is 0.0438 e. The van der Waals surface area contributed by atoms with Crippen molar-refractivity contribution in [3.05, 3.63) is 34.9 Å². The second kappa shape index (κ2) is 5.00. The van der Waals surface area contributed by atoms with E-state index in [9.17, 15) is 0 Å². The average molecular weight is 226 g/mol. The van der Waals surface area contributed by atoms with E-state index in [0.29, 0.717) is 12.5 Å². The molecule has 1 aromatic rings. The van der Waals surface area contributed by atoms with Crippen LogP contribution in [0.1, 0.15) is 26.3 Å². The Balaban J connectivity index is 2.89. The summed E-state index contributed by atoms with van der Waals surface area (Å²) in [6.07, 6.45) is 0.945. The largest absolute Gasteiger partial charge is 0.330 e. The van der Waals surface area contributed by atoms with Crippen LogP contribution in [0, 0.1) is 11.3 Å². The van der Waals surface area contributed by atoms with Gasteiger partial charge in [0.25, 0.3) is 0 Å². The second-order valence-electron chi connectivity index (χ2n) is 4.78. The number of hydrogen-bond donors (Lipinski definition) is 1. The van der Waals surface area contributed by atoms with E-state index in [-0.39, 0.29) is 5.41 Å². The summed E-state index contributed by atoms with van der Waals surface area (Å²) in [5, 5.41) is 0.845. The monoisotopic (exact) mass is 225 g/mol. The van der Waals surface area contributed by atoms with Crippen LogP contribution in [0.5, 0.6) is 0 Å². The molecule has 1 nitrogen and oxygen atoms in total. The van der Waals surface area contributed by atoms with E-state index in [1.807, 2.05) is 18.2 Å². The second-order valence-corrected chi connectivity index (χ2v) is 5.19. The maximum absolute atomic E-state index is 6.15. The van der Waals surface area contributed by atoms with Crippen LogP contribution in [0.2, 0.25) is 5.02 Å². The summed E-state index contributed by atoms with van der Waals surface area (Å²) in [6.45, 7) is 7.34. The average Bonchev–Trinajstić information content (AvgIpc) is 2.21. The summed E-state index contributed by atoms with van der Waals surface area (Å²) in [6, 6.07) is 8.01. The van der Waals surface area contributed by atoms with Crippen LogP contribution < -0.4 is 5.73 Å². The first kappa shape index (κ1) is 12.5. The van der Waals surface area contributed by atoms with Gasteiger partial charge in [-0.2, -0.15) is 0 Å². The van der Waals surface area contributed by atoms with Crippen molar-refractivity contribution >= 4 is 11.6 Å². The van der Waals surface area contributed by atoms with Gasteiger partial charge in [-0.15, -0.1) is 0 Å². The fourth-order valence-electron chi connectivity index (χ4n) is 1.59. The van der Waals surface area contributed by atoms with Crippen LogP contribution in [-0.4, -0.2) is 6.54 Å². The molecule has 1 unspecified atom stereocenters. The zero-order chi connectivity index (χ0) is 11.5. The topological polar surface area (TPSA) is 26.0 Å². The molecule has 15 heavy (non-hydrogen) atoms. The van der Waals surface area contributed by atoms with Crippen molar-refractivity contribution < 1.29 is 0 Å². The summed E-state index contributed by atoms with van der Waals surface area (Å²) in [5.41, 5.74) is 7.19. The van der Waals surface area contributed by atoms with Crippen LogP contribution in [-0.2, 0) is 6.42 Å².